The van der Waals surface area contributed by atoms with E-state index in [2.05, 4.69) is 15.9 Å². The van der Waals surface area contributed by atoms with Gasteiger partial charge in [0, 0.05) is 15.9 Å². The first-order valence-corrected chi connectivity index (χ1v) is 6.81. The normalized spacial score (nSPS) is 16.9. The highest BCUT2D eigenvalue weighted by molar-refractivity contribution is 9.08. The van der Waals surface area contributed by atoms with Gasteiger partial charge in [-0.2, -0.15) is 0 Å². The lowest BCUT2D eigenvalue weighted by atomic mass is 10.2. The molecule has 0 unspecified atom stereocenters. The minimum atomic E-state index is 0.390. The summed E-state index contributed by atoms with van der Waals surface area (Å²) in [6.07, 6.45) is 5.31. The SMILES string of the molecule is Clc1cccc(OC2CCCC2)c1CBr. The molecule has 0 amide bonds. The molecule has 3 heteroatoms. The van der Waals surface area contributed by atoms with Gasteiger partial charge < -0.3 is 4.74 Å². The summed E-state index contributed by atoms with van der Waals surface area (Å²) in [5, 5.41) is 1.52. The average molecular weight is 290 g/mol. The molecule has 1 aromatic carbocycles. The molecule has 1 aromatic rings. The van der Waals surface area contributed by atoms with Crippen molar-refractivity contribution in [2.75, 3.05) is 0 Å². The monoisotopic (exact) mass is 288 g/mol. The molecule has 1 aliphatic carbocycles. The maximum absolute atomic E-state index is 6.10. The summed E-state index contributed by atoms with van der Waals surface area (Å²) in [6, 6.07) is 5.85. The highest BCUT2D eigenvalue weighted by atomic mass is 79.9. The number of benzene rings is 1. The first-order valence-electron chi connectivity index (χ1n) is 5.31. The van der Waals surface area contributed by atoms with Gasteiger partial charge in [0.05, 0.1) is 6.10 Å². The Morgan fingerprint density at radius 3 is 2.73 bits per heavy atom. The predicted molar refractivity (Wildman–Crippen MR) is 67.0 cm³/mol. The standard InChI is InChI=1S/C12H14BrClO/c13-8-10-11(14)6-3-7-12(10)15-9-4-1-2-5-9/h3,6-7,9H,1-2,4-5,8H2. The van der Waals surface area contributed by atoms with Gasteiger partial charge in [0.1, 0.15) is 5.75 Å². The number of halogens is 2. The lowest BCUT2D eigenvalue weighted by Crippen LogP contribution is -2.11. The van der Waals surface area contributed by atoms with Gasteiger partial charge in [-0.15, -0.1) is 0 Å². The van der Waals surface area contributed by atoms with E-state index in [-0.39, 0.29) is 0 Å². The van der Waals surface area contributed by atoms with Gasteiger partial charge >= 0.3 is 0 Å². The molecule has 0 bridgehead atoms. The van der Waals surface area contributed by atoms with E-state index in [0.29, 0.717) is 6.10 Å². The molecule has 2 rings (SSSR count). The number of rotatable bonds is 3. The Morgan fingerprint density at radius 1 is 1.33 bits per heavy atom. The molecule has 0 aliphatic heterocycles. The van der Waals surface area contributed by atoms with E-state index in [9.17, 15) is 0 Å². The van der Waals surface area contributed by atoms with Crippen LogP contribution >= 0.6 is 27.5 Å². The smallest absolute Gasteiger partial charge is 0.125 e. The number of hydrogen-bond acceptors (Lipinski definition) is 1. The van der Waals surface area contributed by atoms with Crippen LogP contribution in [0.4, 0.5) is 0 Å². The molecular weight excluding hydrogens is 275 g/mol. The van der Waals surface area contributed by atoms with Gasteiger partial charge in [0.25, 0.3) is 0 Å². The van der Waals surface area contributed by atoms with Crippen molar-refractivity contribution >= 4 is 27.5 Å². The molecule has 1 aliphatic rings. The van der Waals surface area contributed by atoms with Gasteiger partial charge in [-0.05, 0) is 37.8 Å². The van der Waals surface area contributed by atoms with Gasteiger partial charge in [-0.1, -0.05) is 33.6 Å². The van der Waals surface area contributed by atoms with Crippen molar-refractivity contribution in [1.82, 2.24) is 0 Å². The van der Waals surface area contributed by atoms with Crippen LogP contribution < -0.4 is 4.74 Å². The number of hydrogen-bond donors (Lipinski definition) is 0. The third kappa shape index (κ3) is 2.67. The highest BCUT2D eigenvalue weighted by Gasteiger charge is 2.18. The van der Waals surface area contributed by atoms with E-state index in [1.807, 2.05) is 18.2 Å². The van der Waals surface area contributed by atoms with Crippen molar-refractivity contribution in [3.8, 4) is 5.75 Å². The molecule has 0 aromatic heterocycles. The molecule has 1 nitrogen and oxygen atoms in total. The first kappa shape index (κ1) is 11.3. The third-order valence-corrected chi connectivity index (χ3v) is 3.72. The Labute approximate surface area is 104 Å². The van der Waals surface area contributed by atoms with E-state index in [1.54, 1.807) is 0 Å². The van der Waals surface area contributed by atoms with Crippen molar-refractivity contribution in [3.05, 3.63) is 28.8 Å². The Balaban J connectivity index is 2.15. The Morgan fingerprint density at radius 2 is 2.07 bits per heavy atom. The molecule has 0 atom stereocenters. The summed E-state index contributed by atoms with van der Waals surface area (Å²) in [5.74, 6) is 0.936. The molecule has 0 saturated heterocycles. The lowest BCUT2D eigenvalue weighted by molar-refractivity contribution is 0.208. The molecule has 0 heterocycles. The minimum Gasteiger partial charge on any atom is -0.490 e. The largest absolute Gasteiger partial charge is 0.490 e. The molecular formula is C12H14BrClO. The maximum atomic E-state index is 6.10. The van der Waals surface area contributed by atoms with E-state index < -0.39 is 0 Å². The number of ether oxygens (including phenoxy) is 1. The second-order valence-electron chi connectivity index (χ2n) is 3.87. The molecule has 0 spiro atoms. The summed E-state index contributed by atoms with van der Waals surface area (Å²) in [4.78, 5) is 0. The zero-order valence-electron chi connectivity index (χ0n) is 8.51. The van der Waals surface area contributed by atoms with Crippen LogP contribution in [0.15, 0.2) is 18.2 Å². The fourth-order valence-electron chi connectivity index (χ4n) is 1.96. The van der Waals surface area contributed by atoms with Crippen molar-refractivity contribution in [3.63, 3.8) is 0 Å². The molecule has 1 saturated carbocycles. The topological polar surface area (TPSA) is 9.23 Å². The zero-order valence-corrected chi connectivity index (χ0v) is 10.9. The fraction of sp³-hybridized carbons (Fsp3) is 0.500. The minimum absolute atomic E-state index is 0.390. The van der Waals surface area contributed by atoms with Crippen LogP contribution in [0.1, 0.15) is 31.2 Å². The van der Waals surface area contributed by atoms with Crippen molar-refractivity contribution in [2.24, 2.45) is 0 Å². The molecule has 15 heavy (non-hydrogen) atoms. The van der Waals surface area contributed by atoms with Gasteiger partial charge in [-0.3, -0.25) is 0 Å². The predicted octanol–water partition coefficient (Wildman–Crippen LogP) is 4.56. The van der Waals surface area contributed by atoms with Gasteiger partial charge in [0.15, 0.2) is 0 Å². The van der Waals surface area contributed by atoms with Crippen LogP contribution in [0.2, 0.25) is 5.02 Å². The average Bonchev–Trinajstić information content (AvgIpc) is 2.71. The third-order valence-electron chi connectivity index (χ3n) is 2.81. The van der Waals surface area contributed by atoms with Crippen molar-refractivity contribution in [2.45, 2.75) is 37.1 Å². The Hall–Kier alpha value is -0.210. The van der Waals surface area contributed by atoms with Gasteiger partial charge in [0.2, 0.25) is 0 Å². The summed E-state index contributed by atoms with van der Waals surface area (Å²) in [6.45, 7) is 0. The number of alkyl halides is 1. The summed E-state index contributed by atoms with van der Waals surface area (Å²) in [5.41, 5.74) is 1.06. The van der Waals surface area contributed by atoms with E-state index in [1.165, 1.54) is 25.7 Å². The van der Waals surface area contributed by atoms with Crippen LogP contribution in [-0.2, 0) is 5.33 Å². The van der Waals surface area contributed by atoms with E-state index in [0.717, 1.165) is 21.7 Å². The zero-order chi connectivity index (χ0) is 10.7. The second-order valence-corrected chi connectivity index (χ2v) is 4.84. The summed E-state index contributed by atoms with van der Waals surface area (Å²) < 4.78 is 5.96. The summed E-state index contributed by atoms with van der Waals surface area (Å²) >= 11 is 9.55. The van der Waals surface area contributed by atoms with Crippen LogP contribution in [-0.4, -0.2) is 6.10 Å². The maximum Gasteiger partial charge on any atom is 0.125 e. The second kappa shape index (κ2) is 5.22. The van der Waals surface area contributed by atoms with Crippen molar-refractivity contribution in [1.29, 1.82) is 0 Å². The first-order chi connectivity index (χ1) is 7.31. The van der Waals surface area contributed by atoms with Crippen LogP contribution in [0, 0.1) is 0 Å². The fourth-order valence-corrected chi connectivity index (χ4v) is 2.94. The Bertz CT molecular complexity index is 334. The quantitative estimate of drug-likeness (QED) is 0.741. The highest BCUT2D eigenvalue weighted by Crippen LogP contribution is 2.31. The molecule has 0 N–H and O–H groups in total. The van der Waals surface area contributed by atoms with Crippen LogP contribution in [0.3, 0.4) is 0 Å². The van der Waals surface area contributed by atoms with Gasteiger partial charge in [-0.25, -0.2) is 0 Å². The summed E-state index contributed by atoms with van der Waals surface area (Å²) in [7, 11) is 0. The Kier molecular flexibility index (Phi) is 3.92. The van der Waals surface area contributed by atoms with Crippen LogP contribution in [0.5, 0.6) is 5.75 Å². The van der Waals surface area contributed by atoms with E-state index in [4.69, 9.17) is 16.3 Å². The van der Waals surface area contributed by atoms with Crippen LogP contribution in [0.25, 0.3) is 0 Å². The van der Waals surface area contributed by atoms with Crippen molar-refractivity contribution < 1.29 is 4.74 Å². The van der Waals surface area contributed by atoms with E-state index >= 15 is 0 Å². The molecule has 1 fully saturated rings. The molecule has 82 valence electrons. The molecule has 0 radical (unpaired) electrons. The lowest BCUT2D eigenvalue weighted by Gasteiger charge is -2.16.